The van der Waals surface area contributed by atoms with Crippen LogP contribution in [-0.2, 0) is 0 Å². The van der Waals surface area contributed by atoms with Crippen molar-refractivity contribution in [2.45, 2.75) is 32.6 Å². The third-order valence-electron chi connectivity index (χ3n) is 2.98. The average molecular weight is 292 g/mol. The van der Waals surface area contributed by atoms with Crippen LogP contribution in [0.2, 0.25) is 5.02 Å². The van der Waals surface area contributed by atoms with Gasteiger partial charge in [0, 0.05) is 16.6 Å². The molecule has 2 rings (SSSR count). The summed E-state index contributed by atoms with van der Waals surface area (Å²) in [4.78, 5) is 4.38. The highest BCUT2D eigenvalue weighted by atomic mass is 35.5. The van der Waals surface area contributed by atoms with E-state index in [0.717, 1.165) is 11.4 Å². The van der Waals surface area contributed by atoms with E-state index in [9.17, 15) is 0 Å². The molecule has 0 saturated heterocycles. The Morgan fingerprint density at radius 3 is 2.70 bits per heavy atom. The van der Waals surface area contributed by atoms with E-state index in [1.165, 1.54) is 0 Å². The van der Waals surface area contributed by atoms with Crippen molar-refractivity contribution in [3.8, 4) is 0 Å². The number of hydrogen-bond acceptors (Lipinski definition) is 4. The lowest BCUT2D eigenvalue weighted by molar-refractivity contribution is 0.366. The fourth-order valence-corrected chi connectivity index (χ4v) is 1.87. The van der Waals surface area contributed by atoms with Gasteiger partial charge < -0.3 is 10.3 Å². The van der Waals surface area contributed by atoms with Crippen LogP contribution in [-0.4, -0.2) is 10.1 Å². The molecule has 1 unspecified atom stereocenters. The Bertz CT molecular complexity index is 619. The predicted molar refractivity (Wildman–Crippen MR) is 81.7 cm³/mol. The lowest BCUT2D eigenvalue weighted by Gasteiger charge is -2.02. The van der Waals surface area contributed by atoms with Gasteiger partial charge in [-0.3, -0.25) is 0 Å². The maximum Gasteiger partial charge on any atom is 0.233 e. The summed E-state index contributed by atoms with van der Waals surface area (Å²) in [6.07, 6.45) is 3.89. The van der Waals surface area contributed by atoms with Gasteiger partial charge in [-0.1, -0.05) is 49.7 Å². The minimum absolute atomic E-state index is 0.0216. The zero-order valence-corrected chi connectivity index (χ0v) is 12.6. The van der Waals surface area contributed by atoms with Crippen molar-refractivity contribution in [3.63, 3.8) is 0 Å². The van der Waals surface area contributed by atoms with Gasteiger partial charge in [-0.15, -0.1) is 0 Å². The second-order valence-corrected chi connectivity index (χ2v) is 5.50. The molecule has 0 radical (unpaired) electrons. The maximum atomic E-state index is 5.96. The van der Waals surface area contributed by atoms with E-state index in [1.54, 1.807) is 12.1 Å². The highest BCUT2D eigenvalue weighted by Gasteiger charge is 2.13. The van der Waals surface area contributed by atoms with Gasteiger partial charge in [-0.05, 0) is 23.8 Å². The molecule has 4 nitrogen and oxygen atoms in total. The van der Waals surface area contributed by atoms with Crippen LogP contribution in [0.25, 0.3) is 6.08 Å². The topological polar surface area (TPSA) is 64.9 Å². The number of benzene rings is 1. The fraction of sp³-hybridized carbons (Fsp3) is 0.333. The van der Waals surface area contributed by atoms with Crippen molar-refractivity contribution in [1.29, 1.82) is 0 Å². The van der Waals surface area contributed by atoms with Gasteiger partial charge in [-0.25, -0.2) is 0 Å². The van der Waals surface area contributed by atoms with Gasteiger partial charge in [0.15, 0.2) is 5.82 Å². The van der Waals surface area contributed by atoms with Crippen molar-refractivity contribution < 1.29 is 4.52 Å². The number of hydrogen-bond donors (Lipinski definition) is 1. The molecule has 1 heterocycles. The molecule has 20 heavy (non-hydrogen) atoms. The first kappa shape index (κ1) is 14.6. The molecule has 0 spiro atoms. The fourth-order valence-electron chi connectivity index (χ4n) is 1.69. The number of nitrogen functional groups attached to an aromatic ring is 1. The smallest absolute Gasteiger partial charge is 0.233 e. The molecule has 0 aliphatic carbocycles. The highest BCUT2D eigenvalue weighted by Crippen LogP contribution is 2.22. The zero-order chi connectivity index (χ0) is 14.7. The number of nitrogens with two attached hydrogens (primary N) is 1. The Morgan fingerprint density at radius 1 is 1.30 bits per heavy atom. The number of allylic oxidation sites excluding steroid dienone is 1. The second kappa shape index (κ2) is 6.09. The number of halogens is 1. The normalized spacial score (nSPS) is 13.2. The Kier molecular flexibility index (Phi) is 4.45. The summed E-state index contributed by atoms with van der Waals surface area (Å²) < 4.78 is 5.26. The predicted octanol–water partition coefficient (Wildman–Crippen LogP) is 4.25. The zero-order valence-electron chi connectivity index (χ0n) is 11.8. The summed E-state index contributed by atoms with van der Waals surface area (Å²) in [5.74, 6) is 1.61. The van der Waals surface area contributed by atoms with Crippen LogP contribution in [0.1, 0.15) is 49.9 Å². The van der Waals surface area contributed by atoms with Crippen LogP contribution < -0.4 is 5.73 Å². The first-order valence-electron chi connectivity index (χ1n) is 6.54. The number of aromatic nitrogens is 2. The summed E-state index contributed by atoms with van der Waals surface area (Å²) in [6.45, 7) is 6.05. The molecule has 0 amide bonds. The van der Waals surface area contributed by atoms with E-state index in [4.69, 9.17) is 21.9 Å². The molecule has 0 aliphatic heterocycles. The Labute approximate surface area is 123 Å². The summed E-state index contributed by atoms with van der Waals surface area (Å²) in [5, 5.41) is 4.62. The standard InChI is InChI=1S/C15H18ClN3O/c1-9(2)14-18-15(20-19-14)10(3)4-5-11-8-12(16)6-7-13(11)17/h4-10H,17H2,1-3H3/b5-4+. The van der Waals surface area contributed by atoms with Crippen LogP contribution in [0.3, 0.4) is 0 Å². The first-order valence-corrected chi connectivity index (χ1v) is 6.92. The van der Waals surface area contributed by atoms with Crippen molar-refractivity contribution in [2.24, 2.45) is 0 Å². The number of anilines is 1. The summed E-state index contributed by atoms with van der Waals surface area (Å²) in [6, 6.07) is 5.38. The molecule has 2 N–H and O–H groups in total. The molecule has 1 aromatic heterocycles. The average Bonchev–Trinajstić information content (AvgIpc) is 2.89. The second-order valence-electron chi connectivity index (χ2n) is 5.07. The minimum Gasteiger partial charge on any atom is -0.398 e. The van der Waals surface area contributed by atoms with Gasteiger partial charge in [0.2, 0.25) is 5.89 Å². The number of nitrogens with zero attached hydrogens (tertiary/aromatic N) is 2. The molecule has 1 atom stereocenters. The van der Waals surface area contributed by atoms with Crippen LogP contribution in [0.4, 0.5) is 5.69 Å². The van der Waals surface area contributed by atoms with Gasteiger partial charge in [0.25, 0.3) is 0 Å². The maximum absolute atomic E-state index is 5.96. The van der Waals surface area contributed by atoms with E-state index >= 15 is 0 Å². The summed E-state index contributed by atoms with van der Waals surface area (Å²) in [7, 11) is 0. The van der Waals surface area contributed by atoms with Gasteiger partial charge >= 0.3 is 0 Å². The van der Waals surface area contributed by atoms with E-state index < -0.39 is 0 Å². The lowest BCUT2D eigenvalue weighted by Crippen LogP contribution is -1.93. The lowest BCUT2D eigenvalue weighted by atomic mass is 10.1. The molecule has 1 aromatic carbocycles. The summed E-state index contributed by atoms with van der Waals surface area (Å²) in [5.41, 5.74) is 7.47. The van der Waals surface area contributed by atoms with Crippen molar-refractivity contribution >= 4 is 23.4 Å². The molecule has 0 saturated carbocycles. The van der Waals surface area contributed by atoms with Crippen LogP contribution >= 0.6 is 11.6 Å². The monoisotopic (exact) mass is 291 g/mol. The van der Waals surface area contributed by atoms with Crippen LogP contribution in [0, 0.1) is 0 Å². The molecule has 0 fully saturated rings. The van der Waals surface area contributed by atoms with Gasteiger partial charge in [0.05, 0.1) is 5.92 Å². The summed E-state index contributed by atoms with van der Waals surface area (Å²) >= 11 is 5.96. The largest absolute Gasteiger partial charge is 0.398 e. The first-order chi connectivity index (χ1) is 9.47. The molecular weight excluding hydrogens is 274 g/mol. The van der Waals surface area contributed by atoms with E-state index in [2.05, 4.69) is 10.1 Å². The van der Waals surface area contributed by atoms with Crippen molar-refractivity contribution in [1.82, 2.24) is 10.1 Å². The van der Waals surface area contributed by atoms with Crippen molar-refractivity contribution in [2.75, 3.05) is 5.73 Å². The molecule has 5 heteroatoms. The molecule has 0 aliphatic rings. The van der Waals surface area contributed by atoms with E-state index in [-0.39, 0.29) is 11.8 Å². The SMILES string of the molecule is CC(C)c1noc(C(C)/C=C/c2cc(Cl)ccc2N)n1. The van der Waals surface area contributed by atoms with E-state index in [1.807, 2.05) is 39.0 Å². The van der Waals surface area contributed by atoms with Gasteiger partial charge in [-0.2, -0.15) is 4.98 Å². The van der Waals surface area contributed by atoms with Crippen LogP contribution in [0.15, 0.2) is 28.8 Å². The van der Waals surface area contributed by atoms with Crippen molar-refractivity contribution in [3.05, 3.63) is 46.6 Å². The number of rotatable bonds is 4. The molecular formula is C15H18ClN3O. The third kappa shape index (κ3) is 3.39. The third-order valence-corrected chi connectivity index (χ3v) is 3.21. The van der Waals surface area contributed by atoms with E-state index in [0.29, 0.717) is 16.6 Å². The van der Waals surface area contributed by atoms with Gasteiger partial charge in [0.1, 0.15) is 0 Å². The Morgan fingerprint density at radius 2 is 2.05 bits per heavy atom. The Balaban J connectivity index is 2.15. The molecule has 2 aromatic rings. The minimum atomic E-state index is 0.0216. The Hall–Kier alpha value is -1.81. The molecule has 0 bridgehead atoms. The highest BCUT2D eigenvalue weighted by molar-refractivity contribution is 6.30. The molecule has 106 valence electrons. The quantitative estimate of drug-likeness (QED) is 0.855. The van der Waals surface area contributed by atoms with Crippen LogP contribution in [0.5, 0.6) is 0 Å².